The monoisotopic (exact) mass is 473 g/mol. The number of aromatic hydroxyl groups is 1. The molecular weight excluding hydrogens is 441 g/mol. The molecule has 146 valence electrons. The van der Waals surface area contributed by atoms with Gasteiger partial charge in [0.1, 0.15) is 5.75 Å². The van der Waals surface area contributed by atoms with Crippen LogP contribution in [0.4, 0.5) is 0 Å². The van der Waals surface area contributed by atoms with Crippen molar-refractivity contribution in [2.45, 2.75) is 45.1 Å². The quantitative estimate of drug-likeness (QED) is 0.276. The summed E-state index contributed by atoms with van der Waals surface area (Å²) in [6.07, 6.45) is 7.28. The molecule has 26 heavy (non-hydrogen) atoms. The van der Waals surface area contributed by atoms with Crippen LogP contribution in [-0.2, 0) is 24.1 Å². The molecule has 0 amide bonds. The first-order chi connectivity index (χ1) is 12.2. The Morgan fingerprint density at radius 2 is 2.08 bits per heavy atom. The second-order valence-electron chi connectivity index (χ2n) is 7.25. The van der Waals surface area contributed by atoms with E-state index < -0.39 is 0 Å². The van der Waals surface area contributed by atoms with Gasteiger partial charge < -0.3 is 20.1 Å². The van der Waals surface area contributed by atoms with Crippen molar-refractivity contribution in [3.05, 3.63) is 28.8 Å². The SMILES string of the molecule is CN=C(NCc1c(O)ccc2c1CCCC2)N(C)CCOCC1CC1.I. The Labute approximate surface area is 174 Å². The largest absolute Gasteiger partial charge is 0.508 e. The van der Waals surface area contributed by atoms with Gasteiger partial charge in [-0.3, -0.25) is 4.99 Å². The van der Waals surface area contributed by atoms with Crippen LogP contribution in [-0.4, -0.2) is 49.8 Å². The third kappa shape index (κ3) is 5.74. The second-order valence-corrected chi connectivity index (χ2v) is 7.25. The van der Waals surface area contributed by atoms with Crippen LogP contribution in [0.15, 0.2) is 17.1 Å². The van der Waals surface area contributed by atoms with Crippen LogP contribution >= 0.6 is 24.0 Å². The number of ether oxygens (including phenoxy) is 1. The molecule has 0 radical (unpaired) electrons. The molecule has 0 saturated heterocycles. The summed E-state index contributed by atoms with van der Waals surface area (Å²) in [5, 5.41) is 13.7. The van der Waals surface area contributed by atoms with E-state index in [2.05, 4.69) is 21.3 Å². The number of rotatable bonds is 7. The Bertz CT molecular complexity index is 617. The van der Waals surface area contributed by atoms with E-state index in [0.717, 1.165) is 50.0 Å². The highest BCUT2D eigenvalue weighted by Crippen LogP contribution is 2.30. The zero-order valence-electron chi connectivity index (χ0n) is 16.0. The Morgan fingerprint density at radius 1 is 1.31 bits per heavy atom. The van der Waals surface area contributed by atoms with Crippen molar-refractivity contribution >= 4 is 29.9 Å². The highest BCUT2D eigenvalue weighted by Gasteiger charge is 2.21. The minimum absolute atomic E-state index is 0. The fraction of sp³-hybridized carbons (Fsp3) is 0.650. The molecule has 2 N–H and O–H groups in total. The molecule has 0 aromatic heterocycles. The summed E-state index contributed by atoms with van der Waals surface area (Å²) in [6, 6.07) is 3.91. The van der Waals surface area contributed by atoms with Gasteiger partial charge in [0, 0.05) is 39.4 Å². The van der Waals surface area contributed by atoms with Crippen LogP contribution < -0.4 is 5.32 Å². The molecule has 0 atom stereocenters. The lowest BCUT2D eigenvalue weighted by Crippen LogP contribution is -2.40. The van der Waals surface area contributed by atoms with Gasteiger partial charge in [0.2, 0.25) is 0 Å². The van der Waals surface area contributed by atoms with E-state index in [9.17, 15) is 5.11 Å². The van der Waals surface area contributed by atoms with Crippen LogP contribution in [0, 0.1) is 5.92 Å². The number of nitrogens with zero attached hydrogens (tertiary/aromatic N) is 2. The van der Waals surface area contributed by atoms with Crippen molar-refractivity contribution in [2.24, 2.45) is 10.9 Å². The van der Waals surface area contributed by atoms with Crippen LogP contribution in [0.1, 0.15) is 42.4 Å². The molecule has 0 bridgehead atoms. The van der Waals surface area contributed by atoms with E-state index in [1.54, 1.807) is 7.05 Å². The van der Waals surface area contributed by atoms with Gasteiger partial charge in [0.15, 0.2) is 5.96 Å². The maximum Gasteiger partial charge on any atom is 0.193 e. The number of phenols is 1. The molecule has 3 rings (SSSR count). The number of phenolic OH excluding ortho intramolecular Hbond substituents is 1. The van der Waals surface area contributed by atoms with Crippen molar-refractivity contribution in [1.29, 1.82) is 0 Å². The second kappa shape index (κ2) is 10.3. The van der Waals surface area contributed by atoms with E-state index in [4.69, 9.17) is 4.74 Å². The molecule has 1 saturated carbocycles. The lowest BCUT2D eigenvalue weighted by Gasteiger charge is -2.24. The topological polar surface area (TPSA) is 57.1 Å². The van der Waals surface area contributed by atoms with Gasteiger partial charge in [-0.1, -0.05) is 6.07 Å². The average Bonchev–Trinajstić information content (AvgIpc) is 3.45. The van der Waals surface area contributed by atoms with Crippen molar-refractivity contribution in [3.63, 3.8) is 0 Å². The lowest BCUT2D eigenvalue weighted by atomic mass is 9.88. The molecule has 1 aromatic rings. The van der Waals surface area contributed by atoms with Gasteiger partial charge in [-0.2, -0.15) is 0 Å². The van der Waals surface area contributed by atoms with Crippen molar-refractivity contribution < 1.29 is 9.84 Å². The van der Waals surface area contributed by atoms with Crippen molar-refractivity contribution in [3.8, 4) is 5.75 Å². The molecule has 6 heteroatoms. The summed E-state index contributed by atoms with van der Waals surface area (Å²) in [7, 11) is 3.82. The van der Waals surface area contributed by atoms with E-state index in [1.807, 2.05) is 13.1 Å². The van der Waals surface area contributed by atoms with Gasteiger partial charge in [-0.15, -0.1) is 24.0 Å². The lowest BCUT2D eigenvalue weighted by molar-refractivity contribution is 0.115. The van der Waals surface area contributed by atoms with Gasteiger partial charge in [-0.25, -0.2) is 0 Å². The zero-order chi connectivity index (χ0) is 17.6. The number of guanidine groups is 1. The third-order valence-electron chi connectivity index (χ3n) is 5.24. The van der Waals surface area contributed by atoms with Crippen molar-refractivity contribution in [2.75, 3.05) is 33.9 Å². The summed E-state index contributed by atoms with van der Waals surface area (Å²) in [6.45, 7) is 3.03. The van der Waals surface area contributed by atoms with Gasteiger partial charge in [0.25, 0.3) is 0 Å². The molecule has 2 aliphatic carbocycles. The standard InChI is InChI=1S/C20H31N3O2.HI/c1-21-20(23(2)11-12-25-14-15-7-8-15)22-13-18-17-6-4-3-5-16(17)9-10-19(18)24;/h9-10,15,24H,3-8,11-14H2,1-2H3,(H,21,22);1H. The smallest absolute Gasteiger partial charge is 0.193 e. The Kier molecular flexibility index (Phi) is 8.47. The minimum atomic E-state index is 0. The van der Waals surface area contributed by atoms with Gasteiger partial charge >= 0.3 is 0 Å². The minimum Gasteiger partial charge on any atom is -0.508 e. The molecule has 1 fully saturated rings. The van der Waals surface area contributed by atoms with Gasteiger partial charge in [0.05, 0.1) is 6.61 Å². The van der Waals surface area contributed by atoms with Crippen LogP contribution in [0.2, 0.25) is 0 Å². The molecule has 5 nitrogen and oxygen atoms in total. The zero-order valence-corrected chi connectivity index (χ0v) is 18.3. The summed E-state index contributed by atoms with van der Waals surface area (Å²) in [5.41, 5.74) is 3.74. The first kappa shape index (κ1) is 21.3. The summed E-state index contributed by atoms with van der Waals surface area (Å²) in [4.78, 5) is 6.45. The number of halogens is 1. The number of benzene rings is 1. The number of hydrogen-bond acceptors (Lipinski definition) is 3. The summed E-state index contributed by atoms with van der Waals surface area (Å²) in [5.74, 6) is 2.02. The Hall–Kier alpha value is -1.02. The van der Waals surface area contributed by atoms with Crippen LogP contribution in [0.5, 0.6) is 5.75 Å². The number of fused-ring (bicyclic) bond motifs is 1. The van der Waals surface area contributed by atoms with E-state index >= 15 is 0 Å². The molecule has 0 spiro atoms. The maximum atomic E-state index is 10.3. The fourth-order valence-corrected chi connectivity index (χ4v) is 3.48. The van der Waals surface area contributed by atoms with E-state index in [1.165, 1.54) is 36.8 Å². The maximum absolute atomic E-state index is 10.3. The highest BCUT2D eigenvalue weighted by atomic mass is 127. The highest BCUT2D eigenvalue weighted by molar-refractivity contribution is 14.0. The molecule has 0 unspecified atom stereocenters. The molecule has 0 aliphatic heterocycles. The first-order valence-electron chi connectivity index (χ1n) is 9.51. The summed E-state index contributed by atoms with van der Waals surface area (Å²) >= 11 is 0. The normalized spacial score (nSPS) is 16.6. The molecule has 2 aliphatic rings. The van der Waals surface area contributed by atoms with Crippen molar-refractivity contribution in [1.82, 2.24) is 10.2 Å². The number of nitrogens with one attached hydrogen (secondary N) is 1. The predicted octanol–water partition coefficient (Wildman–Crippen LogP) is 3.32. The number of likely N-dealkylation sites (N-methyl/N-ethyl adjacent to an activating group) is 1. The van der Waals surface area contributed by atoms with Gasteiger partial charge in [-0.05, 0) is 61.6 Å². The summed E-state index contributed by atoms with van der Waals surface area (Å²) < 4.78 is 5.71. The number of aryl methyl sites for hydroxylation is 1. The van der Waals surface area contributed by atoms with E-state index in [0.29, 0.717) is 12.3 Å². The third-order valence-corrected chi connectivity index (χ3v) is 5.24. The first-order valence-corrected chi connectivity index (χ1v) is 9.51. The molecule has 0 heterocycles. The van der Waals surface area contributed by atoms with Crippen LogP contribution in [0.25, 0.3) is 0 Å². The predicted molar refractivity (Wildman–Crippen MR) is 117 cm³/mol. The molecule has 1 aromatic carbocycles. The Balaban J connectivity index is 0.00000243. The number of aliphatic imine (C=N–C) groups is 1. The number of hydrogen-bond donors (Lipinski definition) is 2. The Morgan fingerprint density at radius 3 is 2.81 bits per heavy atom. The average molecular weight is 473 g/mol. The molecular formula is C20H32IN3O2. The van der Waals surface area contributed by atoms with Crippen LogP contribution in [0.3, 0.4) is 0 Å². The van der Waals surface area contributed by atoms with E-state index in [-0.39, 0.29) is 24.0 Å². The fourth-order valence-electron chi connectivity index (χ4n) is 3.48.